The zero-order chi connectivity index (χ0) is 14.9. The molecular formula is C16H20N2O3. The number of ether oxygens (including phenoxy) is 1. The average molecular weight is 288 g/mol. The van der Waals surface area contributed by atoms with Gasteiger partial charge in [-0.3, -0.25) is 9.59 Å². The lowest BCUT2D eigenvalue weighted by molar-refractivity contribution is -0.153. The normalized spacial score (nSPS) is 23.9. The van der Waals surface area contributed by atoms with Crippen molar-refractivity contribution in [3.8, 4) is 0 Å². The monoisotopic (exact) mass is 288 g/mol. The molecule has 1 amide bonds. The fourth-order valence-electron chi connectivity index (χ4n) is 3.44. The van der Waals surface area contributed by atoms with E-state index in [0.717, 1.165) is 37.7 Å². The number of aromatic nitrogens is 1. The molecule has 1 unspecified atom stereocenters. The summed E-state index contributed by atoms with van der Waals surface area (Å²) in [5.74, 6) is -0.237. The van der Waals surface area contributed by atoms with Crippen molar-refractivity contribution in [2.45, 2.75) is 51.0 Å². The van der Waals surface area contributed by atoms with Gasteiger partial charge in [-0.2, -0.15) is 0 Å². The molecule has 5 heteroatoms. The number of amides is 1. The maximum Gasteiger partial charge on any atom is 0.307 e. The molecule has 3 rings (SSSR count). The highest BCUT2D eigenvalue weighted by atomic mass is 16.6. The Morgan fingerprint density at radius 1 is 1.38 bits per heavy atom. The molecule has 5 nitrogen and oxygen atoms in total. The van der Waals surface area contributed by atoms with E-state index >= 15 is 0 Å². The van der Waals surface area contributed by atoms with Crippen LogP contribution < -0.4 is 5.32 Å². The predicted octanol–water partition coefficient (Wildman–Crippen LogP) is 2.59. The van der Waals surface area contributed by atoms with E-state index in [0.29, 0.717) is 5.82 Å². The topological polar surface area (TPSA) is 68.3 Å². The van der Waals surface area contributed by atoms with Crippen LogP contribution in [0.15, 0.2) is 18.3 Å². The Hall–Kier alpha value is -1.91. The number of rotatable bonds is 2. The first-order chi connectivity index (χ1) is 10.1. The largest absolute Gasteiger partial charge is 0.458 e. The van der Waals surface area contributed by atoms with Crippen molar-refractivity contribution in [1.82, 2.24) is 4.98 Å². The van der Waals surface area contributed by atoms with Gasteiger partial charge in [0.1, 0.15) is 11.4 Å². The van der Waals surface area contributed by atoms with Gasteiger partial charge >= 0.3 is 5.97 Å². The molecule has 2 aliphatic rings. The highest BCUT2D eigenvalue weighted by Gasteiger charge is 2.52. The molecule has 0 bridgehead atoms. The number of carbonyl (C=O) groups excluding carboxylic acids is 2. The molecule has 0 radical (unpaired) electrons. The summed E-state index contributed by atoms with van der Waals surface area (Å²) in [5.41, 5.74) is 0.330. The van der Waals surface area contributed by atoms with Gasteiger partial charge in [-0.05, 0) is 44.2 Å². The molecule has 0 aromatic carbocycles. The first-order valence-electron chi connectivity index (χ1n) is 7.55. The third-order valence-electron chi connectivity index (χ3n) is 4.59. The van der Waals surface area contributed by atoms with Crippen LogP contribution >= 0.6 is 0 Å². The minimum absolute atomic E-state index is 0.149. The maximum absolute atomic E-state index is 12.6. The number of esters is 1. The molecular weight excluding hydrogens is 268 g/mol. The zero-order valence-electron chi connectivity index (χ0n) is 12.2. The van der Waals surface area contributed by atoms with E-state index < -0.39 is 11.5 Å². The number of nitrogens with one attached hydrogen (secondary N) is 1. The molecule has 21 heavy (non-hydrogen) atoms. The van der Waals surface area contributed by atoms with Crippen LogP contribution in [0.4, 0.5) is 5.82 Å². The van der Waals surface area contributed by atoms with Crippen molar-refractivity contribution < 1.29 is 14.3 Å². The SMILES string of the molecule is Cc1cccnc1NC(=O)C1CC(=O)OC12CCCCC2. The number of carbonyl (C=O) groups is 2. The van der Waals surface area contributed by atoms with E-state index in [1.54, 1.807) is 6.20 Å². The first-order valence-corrected chi connectivity index (χ1v) is 7.55. The number of nitrogens with zero attached hydrogens (tertiary/aromatic N) is 1. The molecule has 2 heterocycles. The van der Waals surface area contributed by atoms with Gasteiger partial charge < -0.3 is 10.1 Å². The maximum atomic E-state index is 12.6. The van der Waals surface area contributed by atoms with E-state index in [-0.39, 0.29) is 18.3 Å². The molecule has 1 aliphatic heterocycles. The molecule has 1 saturated carbocycles. The zero-order valence-corrected chi connectivity index (χ0v) is 12.2. The Kier molecular flexibility index (Phi) is 3.66. The van der Waals surface area contributed by atoms with Crippen LogP contribution in [-0.2, 0) is 14.3 Å². The second-order valence-electron chi connectivity index (χ2n) is 6.01. The van der Waals surface area contributed by atoms with Gasteiger partial charge in [0.05, 0.1) is 12.3 Å². The van der Waals surface area contributed by atoms with Crippen molar-refractivity contribution >= 4 is 17.7 Å². The van der Waals surface area contributed by atoms with Crippen molar-refractivity contribution in [3.63, 3.8) is 0 Å². The lowest BCUT2D eigenvalue weighted by Crippen LogP contribution is -2.43. The molecule has 1 aromatic rings. The molecule has 1 N–H and O–H groups in total. The Bertz CT molecular complexity index is 564. The number of hydrogen-bond donors (Lipinski definition) is 1. The molecule has 1 atom stereocenters. The Morgan fingerprint density at radius 3 is 2.86 bits per heavy atom. The smallest absolute Gasteiger partial charge is 0.307 e. The van der Waals surface area contributed by atoms with Gasteiger partial charge in [-0.1, -0.05) is 12.5 Å². The lowest BCUT2D eigenvalue weighted by Gasteiger charge is -2.35. The fraction of sp³-hybridized carbons (Fsp3) is 0.562. The minimum atomic E-state index is -0.581. The minimum Gasteiger partial charge on any atom is -0.458 e. The third-order valence-corrected chi connectivity index (χ3v) is 4.59. The van der Waals surface area contributed by atoms with E-state index in [1.807, 2.05) is 19.1 Å². The number of hydrogen-bond acceptors (Lipinski definition) is 4. The van der Waals surface area contributed by atoms with Crippen LogP contribution in [0.5, 0.6) is 0 Å². The molecule has 1 aromatic heterocycles. The summed E-state index contributed by atoms with van der Waals surface area (Å²) in [5, 5.41) is 2.86. The lowest BCUT2D eigenvalue weighted by atomic mass is 9.75. The molecule has 112 valence electrons. The van der Waals surface area contributed by atoms with E-state index in [1.165, 1.54) is 0 Å². The fourth-order valence-corrected chi connectivity index (χ4v) is 3.44. The summed E-state index contributed by atoms with van der Waals surface area (Å²) >= 11 is 0. The quantitative estimate of drug-likeness (QED) is 0.849. The van der Waals surface area contributed by atoms with Gasteiger partial charge in [0.15, 0.2) is 0 Å². The molecule has 1 saturated heterocycles. The van der Waals surface area contributed by atoms with Crippen LogP contribution in [0, 0.1) is 12.8 Å². The second kappa shape index (κ2) is 5.47. The van der Waals surface area contributed by atoms with E-state index in [2.05, 4.69) is 10.3 Å². The van der Waals surface area contributed by atoms with Gasteiger partial charge in [-0.15, -0.1) is 0 Å². The van der Waals surface area contributed by atoms with Crippen molar-refractivity contribution in [2.24, 2.45) is 5.92 Å². The Balaban J connectivity index is 1.79. The number of anilines is 1. The Labute approximate surface area is 124 Å². The standard InChI is InChI=1S/C16H20N2O3/c1-11-6-5-9-17-14(11)18-15(20)12-10-13(19)21-16(12)7-3-2-4-8-16/h5-6,9,12H,2-4,7-8,10H2,1H3,(H,17,18,20). The van der Waals surface area contributed by atoms with E-state index in [9.17, 15) is 9.59 Å². The van der Waals surface area contributed by atoms with E-state index in [4.69, 9.17) is 4.74 Å². The van der Waals surface area contributed by atoms with Crippen LogP contribution in [0.25, 0.3) is 0 Å². The summed E-state index contributed by atoms with van der Waals surface area (Å²) in [6.45, 7) is 1.90. The van der Waals surface area contributed by atoms with Crippen LogP contribution in [0.1, 0.15) is 44.1 Å². The van der Waals surface area contributed by atoms with Gasteiger partial charge in [0.25, 0.3) is 0 Å². The van der Waals surface area contributed by atoms with Crippen molar-refractivity contribution in [1.29, 1.82) is 0 Å². The Morgan fingerprint density at radius 2 is 2.14 bits per heavy atom. The van der Waals surface area contributed by atoms with Crippen molar-refractivity contribution in [3.05, 3.63) is 23.9 Å². The third kappa shape index (κ3) is 2.64. The summed E-state index contributed by atoms with van der Waals surface area (Å²) in [6, 6.07) is 3.73. The van der Waals surface area contributed by atoms with Gasteiger partial charge in [0, 0.05) is 6.20 Å². The van der Waals surface area contributed by atoms with Gasteiger partial charge in [-0.25, -0.2) is 4.98 Å². The van der Waals surface area contributed by atoms with Crippen molar-refractivity contribution in [2.75, 3.05) is 5.32 Å². The van der Waals surface area contributed by atoms with Crippen LogP contribution in [0.2, 0.25) is 0 Å². The molecule has 1 spiro atoms. The van der Waals surface area contributed by atoms with Crippen LogP contribution in [-0.4, -0.2) is 22.5 Å². The predicted molar refractivity (Wildman–Crippen MR) is 77.6 cm³/mol. The average Bonchev–Trinajstić information content (AvgIpc) is 2.78. The summed E-state index contributed by atoms with van der Waals surface area (Å²) in [6.07, 6.45) is 6.58. The summed E-state index contributed by atoms with van der Waals surface area (Å²) in [7, 11) is 0. The highest BCUT2D eigenvalue weighted by Crippen LogP contribution is 2.44. The molecule has 1 aliphatic carbocycles. The second-order valence-corrected chi connectivity index (χ2v) is 6.01. The number of pyridine rings is 1. The van der Waals surface area contributed by atoms with Gasteiger partial charge in [0.2, 0.25) is 5.91 Å². The first kappa shape index (κ1) is 14.0. The highest BCUT2D eigenvalue weighted by molar-refractivity contribution is 5.96. The molecule has 2 fully saturated rings. The van der Waals surface area contributed by atoms with Crippen LogP contribution in [0.3, 0.4) is 0 Å². The number of aryl methyl sites for hydroxylation is 1. The summed E-state index contributed by atoms with van der Waals surface area (Å²) in [4.78, 5) is 28.5. The summed E-state index contributed by atoms with van der Waals surface area (Å²) < 4.78 is 5.57.